The van der Waals surface area contributed by atoms with E-state index in [1.165, 1.54) is 15.2 Å². The molecule has 0 radical (unpaired) electrons. The number of tetrazole rings is 1. The Morgan fingerprint density at radius 1 is 1.24 bits per heavy atom. The molecule has 0 spiro atoms. The smallest absolute Gasteiger partial charge is 0.246 e. The molecule has 0 aliphatic carbocycles. The minimum Gasteiger partial charge on any atom is -0.485 e. The number of hydrogen-bond acceptors (Lipinski definition) is 6. The van der Waals surface area contributed by atoms with Gasteiger partial charge in [-0.1, -0.05) is 18.2 Å². The third kappa shape index (κ3) is 3.69. The van der Waals surface area contributed by atoms with Crippen LogP contribution in [0.4, 0.5) is 0 Å². The summed E-state index contributed by atoms with van der Waals surface area (Å²) in [7, 11) is 0. The second kappa shape index (κ2) is 7.02. The summed E-state index contributed by atoms with van der Waals surface area (Å²) in [6.45, 7) is 1.72. The lowest BCUT2D eigenvalue weighted by molar-refractivity contribution is -0.133. The largest absolute Gasteiger partial charge is 0.485 e. The van der Waals surface area contributed by atoms with Crippen molar-refractivity contribution in [3.8, 4) is 5.75 Å². The molecular formula is C17H17N5O2S. The number of carbonyl (C=O) groups is 1. The van der Waals surface area contributed by atoms with Crippen molar-refractivity contribution in [2.24, 2.45) is 0 Å². The molecule has 1 aliphatic heterocycles. The van der Waals surface area contributed by atoms with Gasteiger partial charge in [0.1, 0.15) is 12.3 Å². The number of carbonyl (C=O) groups excluding carboxylic acids is 1. The third-order valence-electron chi connectivity index (χ3n) is 4.04. The highest BCUT2D eigenvalue weighted by molar-refractivity contribution is 7.10. The molecular weight excluding hydrogens is 338 g/mol. The summed E-state index contributed by atoms with van der Waals surface area (Å²) in [4.78, 5) is 17.0. The standard InChI is InChI=1S/C17H17N5O2S/c23-17(21-8-6-15-13(10-21)7-9-25-15)11-22-19-16(18-20-22)12-24-14-4-2-1-3-5-14/h1-5,7,9H,6,8,10-12H2. The molecule has 0 atom stereocenters. The molecule has 128 valence electrons. The fourth-order valence-corrected chi connectivity index (χ4v) is 3.64. The van der Waals surface area contributed by atoms with Crippen LogP contribution in [0.5, 0.6) is 5.75 Å². The van der Waals surface area contributed by atoms with Gasteiger partial charge in [-0.25, -0.2) is 0 Å². The van der Waals surface area contributed by atoms with Gasteiger partial charge in [-0.2, -0.15) is 4.80 Å². The second-order valence-corrected chi connectivity index (χ2v) is 6.77. The van der Waals surface area contributed by atoms with Crippen LogP contribution in [0.15, 0.2) is 41.8 Å². The topological polar surface area (TPSA) is 73.1 Å². The average Bonchev–Trinajstić information content (AvgIpc) is 3.29. The zero-order valence-corrected chi connectivity index (χ0v) is 14.4. The molecule has 3 heterocycles. The predicted octanol–water partition coefficient (Wildman–Crippen LogP) is 1.90. The summed E-state index contributed by atoms with van der Waals surface area (Å²) >= 11 is 1.76. The van der Waals surface area contributed by atoms with Gasteiger partial charge in [0, 0.05) is 18.0 Å². The molecule has 1 aromatic carbocycles. The van der Waals surface area contributed by atoms with E-state index in [0.717, 1.165) is 18.7 Å². The third-order valence-corrected chi connectivity index (χ3v) is 5.07. The highest BCUT2D eigenvalue weighted by atomic mass is 32.1. The van der Waals surface area contributed by atoms with E-state index in [0.29, 0.717) is 12.4 Å². The van der Waals surface area contributed by atoms with Gasteiger partial charge in [0.2, 0.25) is 11.7 Å². The summed E-state index contributed by atoms with van der Waals surface area (Å²) in [6.07, 6.45) is 0.916. The predicted molar refractivity (Wildman–Crippen MR) is 92.0 cm³/mol. The van der Waals surface area contributed by atoms with Gasteiger partial charge < -0.3 is 9.64 Å². The van der Waals surface area contributed by atoms with Crippen molar-refractivity contribution in [3.05, 3.63) is 58.0 Å². The summed E-state index contributed by atoms with van der Waals surface area (Å²) in [5.74, 6) is 1.20. The van der Waals surface area contributed by atoms with Gasteiger partial charge in [-0.05, 0) is 40.8 Å². The highest BCUT2D eigenvalue weighted by Gasteiger charge is 2.22. The molecule has 7 nitrogen and oxygen atoms in total. The SMILES string of the molecule is O=C(Cn1nnc(COc2ccccc2)n1)N1CCc2sccc2C1. The van der Waals surface area contributed by atoms with E-state index in [1.54, 1.807) is 11.3 Å². The molecule has 8 heteroatoms. The van der Waals surface area contributed by atoms with Crippen LogP contribution in [0, 0.1) is 0 Å². The number of benzene rings is 1. The normalized spacial score (nSPS) is 13.5. The van der Waals surface area contributed by atoms with E-state index in [9.17, 15) is 4.79 Å². The van der Waals surface area contributed by atoms with Crippen LogP contribution in [0.1, 0.15) is 16.3 Å². The average molecular weight is 355 g/mol. The Kier molecular flexibility index (Phi) is 4.43. The van der Waals surface area contributed by atoms with Crippen LogP contribution < -0.4 is 4.74 Å². The second-order valence-electron chi connectivity index (χ2n) is 5.77. The summed E-state index contributed by atoms with van der Waals surface area (Å²) in [5.41, 5.74) is 1.24. The maximum absolute atomic E-state index is 12.5. The zero-order chi connectivity index (χ0) is 17.1. The lowest BCUT2D eigenvalue weighted by atomic mass is 10.1. The first kappa shape index (κ1) is 15.8. The van der Waals surface area contributed by atoms with Crippen molar-refractivity contribution in [1.29, 1.82) is 0 Å². The Labute approximate surface area is 148 Å². The minimum absolute atomic E-state index is 0.00442. The molecule has 1 aliphatic rings. The van der Waals surface area contributed by atoms with E-state index in [1.807, 2.05) is 35.2 Å². The maximum Gasteiger partial charge on any atom is 0.246 e. The summed E-state index contributed by atoms with van der Waals surface area (Å²) < 4.78 is 5.58. The highest BCUT2D eigenvalue weighted by Crippen LogP contribution is 2.24. The molecule has 25 heavy (non-hydrogen) atoms. The fraction of sp³-hybridized carbons (Fsp3) is 0.294. The lowest BCUT2D eigenvalue weighted by Crippen LogP contribution is -2.37. The van der Waals surface area contributed by atoms with Crippen LogP contribution in [0.25, 0.3) is 0 Å². The number of amides is 1. The van der Waals surface area contributed by atoms with Gasteiger partial charge in [-0.3, -0.25) is 4.79 Å². The molecule has 0 saturated heterocycles. The number of fused-ring (bicyclic) bond motifs is 1. The number of nitrogens with zero attached hydrogens (tertiary/aromatic N) is 5. The van der Waals surface area contributed by atoms with Crippen molar-refractivity contribution in [1.82, 2.24) is 25.1 Å². The first-order chi connectivity index (χ1) is 12.3. The van der Waals surface area contributed by atoms with E-state index in [-0.39, 0.29) is 19.1 Å². The molecule has 3 aromatic rings. The first-order valence-corrected chi connectivity index (χ1v) is 8.93. The van der Waals surface area contributed by atoms with Crippen LogP contribution in [-0.4, -0.2) is 37.6 Å². The Balaban J connectivity index is 1.32. The molecule has 0 saturated carbocycles. The molecule has 2 aromatic heterocycles. The fourth-order valence-electron chi connectivity index (χ4n) is 2.75. The first-order valence-electron chi connectivity index (χ1n) is 8.05. The monoisotopic (exact) mass is 355 g/mol. The number of hydrogen-bond donors (Lipinski definition) is 0. The van der Waals surface area contributed by atoms with Gasteiger partial charge in [0.25, 0.3) is 0 Å². The maximum atomic E-state index is 12.5. The molecule has 0 unspecified atom stereocenters. The van der Waals surface area contributed by atoms with Crippen molar-refractivity contribution in [2.45, 2.75) is 26.1 Å². The quantitative estimate of drug-likeness (QED) is 0.699. The zero-order valence-electron chi connectivity index (χ0n) is 13.5. The number of rotatable bonds is 5. The Bertz CT molecular complexity index is 861. The summed E-state index contributed by atoms with van der Waals surface area (Å²) in [6, 6.07) is 11.5. The Hall–Kier alpha value is -2.74. The van der Waals surface area contributed by atoms with Crippen LogP contribution in [0.2, 0.25) is 0 Å². The molecule has 1 amide bonds. The minimum atomic E-state index is 0.00442. The van der Waals surface area contributed by atoms with Crippen molar-refractivity contribution >= 4 is 17.2 Å². The summed E-state index contributed by atoms with van der Waals surface area (Å²) in [5, 5.41) is 14.2. The van der Waals surface area contributed by atoms with E-state index in [2.05, 4.69) is 26.9 Å². The molecule has 0 fully saturated rings. The lowest BCUT2D eigenvalue weighted by Gasteiger charge is -2.26. The van der Waals surface area contributed by atoms with Gasteiger partial charge in [0.05, 0.1) is 0 Å². The van der Waals surface area contributed by atoms with E-state index < -0.39 is 0 Å². The van der Waals surface area contributed by atoms with Crippen LogP contribution in [-0.2, 0) is 30.9 Å². The Morgan fingerprint density at radius 3 is 3.00 bits per heavy atom. The van der Waals surface area contributed by atoms with E-state index >= 15 is 0 Å². The number of aromatic nitrogens is 4. The Morgan fingerprint density at radius 2 is 2.12 bits per heavy atom. The van der Waals surface area contributed by atoms with Gasteiger partial charge in [0.15, 0.2) is 6.61 Å². The van der Waals surface area contributed by atoms with Crippen molar-refractivity contribution in [3.63, 3.8) is 0 Å². The van der Waals surface area contributed by atoms with E-state index in [4.69, 9.17) is 4.74 Å². The van der Waals surface area contributed by atoms with Crippen molar-refractivity contribution in [2.75, 3.05) is 6.54 Å². The molecule has 4 rings (SSSR count). The van der Waals surface area contributed by atoms with Gasteiger partial charge >= 0.3 is 0 Å². The van der Waals surface area contributed by atoms with Crippen LogP contribution >= 0.6 is 11.3 Å². The van der Waals surface area contributed by atoms with Crippen LogP contribution in [0.3, 0.4) is 0 Å². The van der Waals surface area contributed by atoms with Gasteiger partial charge in [-0.15, -0.1) is 21.5 Å². The number of thiophene rings is 1. The number of para-hydroxylation sites is 1. The molecule has 0 bridgehead atoms. The molecule has 0 N–H and O–H groups in total. The number of ether oxygens (including phenoxy) is 1. The van der Waals surface area contributed by atoms with Crippen molar-refractivity contribution < 1.29 is 9.53 Å².